The van der Waals surface area contributed by atoms with Gasteiger partial charge in [0.25, 0.3) is 0 Å². The van der Waals surface area contributed by atoms with Gasteiger partial charge in [0.1, 0.15) is 18.5 Å². The number of pyridine rings is 1. The maximum atomic E-state index is 5.65. The van der Waals surface area contributed by atoms with Crippen LogP contribution < -0.4 is 4.74 Å². The van der Waals surface area contributed by atoms with Crippen LogP contribution in [-0.2, 0) is 9.47 Å². The van der Waals surface area contributed by atoms with Gasteiger partial charge < -0.3 is 14.2 Å². The summed E-state index contributed by atoms with van der Waals surface area (Å²) < 4.78 is 16.8. The molecule has 1 aromatic heterocycles. The molecule has 16 heavy (non-hydrogen) atoms. The lowest BCUT2D eigenvalue weighted by atomic mass is 10.1. The molecule has 1 fully saturated rings. The standard InChI is InChI=1S/C12H17NO3/c1-12(2)9-15-11(8-16-12)7-14-10-4-3-5-13-6-10/h3-6,11H,7-9H2,1-2H3/t11-/m1/s1. The monoisotopic (exact) mass is 223 g/mol. The summed E-state index contributed by atoms with van der Waals surface area (Å²) >= 11 is 0. The third-order valence-corrected chi connectivity index (χ3v) is 2.40. The Hall–Kier alpha value is -1.13. The van der Waals surface area contributed by atoms with Crippen LogP contribution in [0.3, 0.4) is 0 Å². The van der Waals surface area contributed by atoms with Gasteiger partial charge in [-0.15, -0.1) is 0 Å². The smallest absolute Gasteiger partial charge is 0.137 e. The van der Waals surface area contributed by atoms with Crippen molar-refractivity contribution in [1.82, 2.24) is 4.98 Å². The van der Waals surface area contributed by atoms with E-state index < -0.39 is 0 Å². The first-order valence-corrected chi connectivity index (χ1v) is 5.44. The molecule has 0 unspecified atom stereocenters. The van der Waals surface area contributed by atoms with Crippen molar-refractivity contribution < 1.29 is 14.2 Å². The van der Waals surface area contributed by atoms with Crippen molar-refractivity contribution in [2.45, 2.75) is 25.6 Å². The molecule has 1 aromatic rings. The van der Waals surface area contributed by atoms with Gasteiger partial charge in [-0.2, -0.15) is 0 Å². The van der Waals surface area contributed by atoms with Gasteiger partial charge in [0, 0.05) is 6.20 Å². The zero-order valence-corrected chi connectivity index (χ0v) is 9.68. The zero-order chi connectivity index (χ0) is 11.4. The van der Waals surface area contributed by atoms with E-state index in [2.05, 4.69) is 4.98 Å². The van der Waals surface area contributed by atoms with E-state index in [1.54, 1.807) is 12.4 Å². The van der Waals surface area contributed by atoms with Gasteiger partial charge in [0.2, 0.25) is 0 Å². The summed E-state index contributed by atoms with van der Waals surface area (Å²) in [5.41, 5.74) is -0.176. The first kappa shape index (κ1) is 11.4. The van der Waals surface area contributed by atoms with Crippen LogP contribution in [0.4, 0.5) is 0 Å². The Balaban J connectivity index is 1.76. The van der Waals surface area contributed by atoms with E-state index in [9.17, 15) is 0 Å². The van der Waals surface area contributed by atoms with E-state index >= 15 is 0 Å². The van der Waals surface area contributed by atoms with Crippen molar-refractivity contribution in [3.05, 3.63) is 24.5 Å². The van der Waals surface area contributed by atoms with Crippen LogP contribution in [0, 0.1) is 0 Å². The van der Waals surface area contributed by atoms with Crippen LogP contribution in [0.1, 0.15) is 13.8 Å². The van der Waals surface area contributed by atoms with Crippen LogP contribution >= 0.6 is 0 Å². The third-order valence-electron chi connectivity index (χ3n) is 2.40. The van der Waals surface area contributed by atoms with Crippen LogP contribution in [0.5, 0.6) is 5.75 Å². The first-order chi connectivity index (χ1) is 7.66. The van der Waals surface area contributed by atoms with Crippen LogP contribution in [-0.4, -0.2) is 36.5 Å². The summed E-state index contributed by atoms with van der Waals surface area (Å²) in [6.45, 7) is 5.72. The molecule has 1 aliphatic rings. The Labute approximate surface area is 95.5 Å². The van der Waals surface area contributed by atoms with Gasteiger partial charge in [-0.1, -0.05) is 0 Å². The highest BCUT2D eigenvalue weighted by Crippen LogP contribution is 2.18. The summed E-state index contributed by atoms with van der Waals surface area (Å²) in [6, 6.07) is 3.72. The van der Waals surface area contributed by atoms with Gasteiger partial charge in [0.15, 0.2) is 0 Å². The summed E-state index contributed by atoms with van der Waals surface area (Å²) in [6.07, 6.45) is 3.41. The van der Waals surface area contributed by atoms with Crippen molar-refractivity contribution in [2.24, 2.45) is 0 Å². The molecule has 0 saturated carbocycles. The number of rotatable bonds is 3. The number of aromatic nitrogens is 1. The van der Waals surface area contributed by atoms with Crippen LogP contribution in [0.15, 0.2) is 24.5 Å². The van der Waals surface area contributed by atoms with Gasteiger partial charge >= 0.3 is 0 Å². The average Bonchev–Trinajstić information content (AvgIpc) is 2.29. The summed E-state index contributed by atoms with van der Waals surface area (Å²) in [4.78, 5) is 3.97. The second kappa shape index (κ2) is 4.80. The molecule has 4 nitrogen and oxygen atoms in total. The molecule has 0 bridgehead atoms. The molecule has 1 saturated heterocycles. The molecule has 0 spiro atoms. The van der Waals surface area contributed by atoms with E-state index in [1.807, 2.05) is 26.0 Å². The lowest BCUT2D eigenvalue weighted by Crippen LogP contribution is -2.44. The second-order valence-electron chi connectivity index (χ2n) is 4.50. The second-order valence-corrected chi connectivity index (χ2v) is 4.50. The summed E-state index contributed by atoms with van der Waals surface area (Å²) in [7, 11) is 0. The van der Waals surface area contributed by atoms with Crippen LogP contribution in [0.2, 0.25) is 0 Å². The van der Waals surface area contributed by atoms with E-state index in [4.69, 9.17) is 14.2 Å². The lowest BCUT2D eigenvalue weighted by Gasteiger charge is -2.34. The topological polar surface area (TPSA) is 40.6 Å². The van der Waals surface area contributed by atoms with Crippen molar-refractivity contribution in [3.63, 3.8) is 0 Å². The minimum Gasteiger partial charge on any atom is -0.489 e. The summed E-state index contributed by atoms with van der Waals surface area (Å²) in [5.74, 6) is 0.760. The van der Waals surface area contributed by atoms with Gasteiger partial charge in [-0.25, -0.2) is 0 Å². The molecule has 0 aromatic carbocycles. The SMILES string of the molecule is CC1(C)CO[C@H](COc2cccnc2)CO1. The quantitative estimate of drug-likeness (QED) is 0.781. The Morgan fingerprint density at radius 3 is 3.06 bits per heavy atom. The largest absolute Gasteiger partial charge is 0.489 e. The van der Waals surface area contributed by atoms with Crippen molar-refractivity contribution in [1.29, 1.82) is 0 Å². The number of hydrogen-bond donors (Lipinski definition) is 0. The number of hydrogen-bond acceptors (Lipinski definition) is 4. The molecule has 88 valence electrons. The normalized spacial score (nSPS) is 24.0. The summed E-state index contributed by atoms with van der Waals surface area (Å²) in [5, 5.41) is 0. The predicted molar refractivity (Wildman–Crippen MR) is 59.5 cm³/mol. The molecule has 2 heterocycles. The molecule has 1 atom stereocenters. The Morgan fingerprint density at radius 1 is 1.56 bits per heavy atom. The highest BCUT2D eigenvalue weighted by Gasteiger charge is 2.28. The fourth-order valence-corrected chi connectivity index (χ4v) is 1.44. The molecule has 0 amide bonds. The van der Waals surface area contributed by atoms with E-state index in [0.717, 1.165) is 5.75 Å². The van der Waals surface area contributed by atoms with Crippen molar-refractivity contribution in [3.8, 4) is 5.75 Å². The van der Waals surface area contributed by atoms with Gasteiger partial charge in [-0.3, -0.25) is 4.98 Å². The molecule has 2 rings (SSSR count). The fraction of sp³-hybridized carbons (Fsp3) is 0.583. The van der Waals surface area contributed by atoms with E-state index in [-0.39, 0.29) is 11.7 Å². The zero-order valence-electron chi connectivity index (χ0n) is 9.68. The Kier molecular flexibility index (Phi) is 3.41. The molecule has 1 aliphatic heterocycles. The highest BCUT2D eigenvalue weighted by atomic mass is 16.6. The first-order valence-electron chi connectivity index (χ1n) is 5.44. The minimum absolute atomic E-state index is 0.00762. The van der Waals surface area contributed by atoms with Crippen molar-refractivity contribution >= 4 is 0 Å². The van der Waals surface area contributed by atoms with E-state index in [0.29, 0.717) is 19.8 Å². The molecule has 0 aliphatic carbocycles. The maximum Gasteiger partial charge on any atom is 0.137 e. The van der Waals surface area contributed by atoms with Crippen molar-refractivity contribution in [2.75, 3.05) is 19.8 Å². The third kappa shape index (κ3) is 3.18. The molecular weight excluding hydrogens is 206 g/mol. The fourth-order valence-electron chi connectivity index (χ4n) is 1.44. The lowest BCUT2D eigenvalue weighted by molar-refractivity contribution is -0.181. The Morgan fingerprint density at radius 2 is 2.44 bits per heavy atom. The number of ether oxygens (including phenoxy) is 3. The average molecular weight is 223 g/mol. The highest BCUT2D eigenvalue weighted by molar-refractivity contribution is 5.15. The molecular formula is C12H17NO3. The number of nitrogens with zero attached hydrogens (tertiary/aromatic N) is 1. The molecule has 0 N–H and O–H groups in total. The minimum atomic E-state index is -0.176. The molecule has 4 heteroatoms. The van der Waals surface area contributed by atoms with Gasteiger partial charge in [-0.05, 0) is 26.0 Å². The van der Waals surface area contributed by atoms with E-state index in [1.165, 1.54) is 0 Å². The predicted octanol–water partition coefficient (Wildman–Crippen LogP) is 1.65. The van der Waals surface area contributed by atoms with Crippen LogP contribution in [0.25, 0.3) is 0 Å². The maximum absolute atomic E-state index is 5.65. The van der Waals surface area contributed by atoms with Gasteiger partial charge in [0.05, 0.1) is 25.0 Å². The molecule has 0 radical (unpaired) electrons. The Bertz CT molecular complexity index is 316.